The van der Waals surface area contributed by atoms with Crippen LogP contribution in [0.5, 0.6) is 0 Å². The van der Waals surface area contributed by atoms with Crippen LogP contribution in [0.1, 0.15) is 40.0 Å². The number of hydrogen-bond donors (Lipinski definition) is 2. The molecule has 0 amide bonds. The van der Waals surface area contributed by atoms with Crippen LogP contribution in [-0.4, -0.2) is 24.7 Å². The van der Waals surface area contributed by atoms with E-state index in [9.17, 15) is 13.2 Å². The second-order valence-electron chi connectivity index (χ2n) is 6.11. The molecule has 24 heavy (non-hydrogen) atoms. The van der Waals surface area contributed by atoms with Gasteiger partial charge in [-0.25, -0.2) is 17.9 Å². The summed E-state index contributed by atoms with van der Waals surface area (Å²) in [7, 11) is -3.47. The van der Waals surface area contributed by atoms with Crippen LogP contribution in [0.15, 0.2) is 48.5 Å². The molecule has 0 fully saturated rings. The van der Waals surface area contributed by atoms with E-state index in [0.717, 1.165) is 16.7 Å². The van der Waals surface area contributed by atoms with Gasteiger partial charge in [0.1, 0.15) is 0 Å². The summed E-state index contributed by atoms with van der Waals surface area (Å²) < 4.78 is 28.0. The molecular formula is C18H19NO4S. The van der Waals surface area contributed by atoms with Crippen molar-refractivity contribution in [3.05, 3.63) is 70.8 Å². The van der Waals surface area contributed by atoms with Crippen LogP contribution in [-0.2, 0) is 22.9 Å². The number of fused-ring (bicyclic) bond motifs is 1. The average Bonchev–Trinajstić information content (AvgIpc) is 2.99. The van der Waals surface area contributed by atoms with Crippen molar-refractivity contribution in [3.8, 4) is 0 Å². The molecule has 6 heteroatoms. The Morgan fingerprint density at radius 3 is 2.12 bits per heavy atom. The number of aromatic carboxylic acids is 1. The Kier molecular flexibility index (Phi) is 4.43. The monoisotopic (exact) mass is 345 g/mol. The number of carboxylic acids is 1. The van der Waals surface area contributed by atoms with Crippen LogP contribution in [0.4, 0.5) is 0 Å². The highest BCUT2D eigenvalue weighted by atomic mass is 32.2. The van der Waals surface area contributed by atoms with Gasteiger partial charge in [-0.3, -0.25) is 0 Å². The number of nitrogens with one attached hydrogen (secondary N) is 1. The van der Waals surface area contributed by atoms with E-state index in [0.29, 0.717) is 12.8 Å². The summed E-state index contributed by atoms with van der Waals surface area (Å²) in [6.45, 7) is 1.76. The molecule has 3 rings (SSSR count). The summed E-state index contributed by atoms with van der Waals surface area (Å²) in [5.74, 6) is -1.00. The van der Waals surface area contributed by atoms with Crippen molar-refractivity contribution in [2.24, 2.45) is 0 Å². The molecule has 0 radical (unpaired) electrons. The van der Waals surface area contributed by atoms with E-state index in [1.54, 1.807) is 19.1 Å². The van der Waals surface area contributed by atoms with Crippen molar-refractivity contribution >= 4 is 16.0 Å². The molecule has 2 aromatic rings. The first kappa shape index (κ1) is 16.7. The van der Waals surface area contributed by atoms with Gasteiger partial charge in [-0.15, -0.1) is 0 Å². The molecular weight excluding hydrogens is 326 g/mol. The number of benzene rings is 2. The second kappa shape index (κ2) is 6.37. The third kappa shape index (κ3) is 3.34. The van der Waals surface area contributed by atoms with Crippen LogP contribution < -0.4 is 4.72 Å². The summed E-state index contributed by atoms with van der Waals surface area (Å²) in [4.78, 5) is 10.9. The van der Waals surface area contributed by atoms with Crippen LogP contribution in [0.2, 0.25) is 0 Å². The maximum absolute atomic E-state index is 12.7. The van der Waals surface area contributed by atoms with Crippen molar-refractivity contribution in [2.75, 3.05) is 0 Å². The van der Waals surface area contributed by atoms with E-state index < -0.39 is 27.3 Å². The average molecular weight is 345 g/mol. The van der Waals surface area contributed by atoms with Gasteiger partial charge in [-0.1, -0.05) is 36.4 Å². The zero-order valence-corrected chi connectivity index (χ0v) is 14.1. The van der Waals surface area contributed by atoms with E-state index in [1.807, 2.05) is 24.3 Å². The zero-order chi connectivity index (χ0) is 17.3. The summed E-state index contributed by atoms with van der Waals surface area (Å²) in [5, 5.41) is 8.46. The Morgan fingerprint density at radius 1 is 1.08 bits per heavy atom. The van der Waals surface area contributed by atoms with E-state index in [1.165, 1.54) is 12.1 Å². The molecule has 0 saturated heterocycles. The number of hydrogen-bond acceptors (Lipinski definition) is 3. The highest BCUT2D eigenvalue weighted by Gasteiger charge is 2.33. The van der Waals surface area contributed by atoms with Crippen LogP contribution in [0.25, 0.3) is 0 Å². The Balaban J connectivity index is 1.72. The summed E-state index contributed by atoms with van der Waals surface area (Å²) >= 11 is 0. The predicted octanol–water partition coefficient (Wildman–Crippen LogP) is 2.53. The molecule has 1 aliphatic rings. The fourth-order valence-corrected chi connectivity index (χ4v) is 4.68. The lowest BCUT2D eigenvalue weighted by atomic mass is 10.1. The van der Waals surface area contributed by atoms with E-state index in [-0.39, 0.29) is 5.56 Å². The Hall–Kier alpha value is -2.18. The Bertz CT molecular complexity index is 834. The fourth-order valence-electron chi connectivity index (χ4n) is 3.06. The SMILES string of the molecule is C[C@H](NS(=O)(=O)C1Cc2ccccc2C1)c1ccc(C(=O)O)cc1. The first-order valence-electron chi connectivity index (χ1n) is 7.78. The molecule has 0 aliphatic heterocycles. The van der Waals surface area contributed by atoms with Gasteiger partial charge in [0.2, 0.25) is 10.0 Å². The topological polar surface area (TPSA) is 83.5 Å². The van der Waals surface area contributed by atoms with Crippen molar-refractivity contribution in [1.29, 1.82) is 0 Å². The van der Waals surface area contributed by atoms with E-state index in [2.05, 4.69) is 4.72 Å². The predicted molar refractivity (Wildman–Crippen MR) is 91.5 cm³/mol. The third-order valence-corrected chi connectivity index (χ3v) is 6.34. The Labute approximate surface area is 141 Å². The molecule has 0 heterocycles. The number of sulfonamides is 1. The normalized spacial score (nSPS) is 15.9. The molecule has 2 aromatic carbocycles. The molecule has 0 saturated carbocycles. The zero-order valence-electron chi connectivity index (χ0n) is 13.3. The first-order chi connectivity index (χ1) is 11.4. The van der Waals surface area contributed by atoms with E-state index >= 15 is 0 Å². The third-order valence-electron chi connectivity index (χ3n) is 4.45. The minimum absolute atomic E-state index is 0.181. The molecule has 126 valence electrons. The van der Waals surface area contributed by atoms with Crippen molar-refractivity contribution in [1.82, 2.24) is 4.72 Å². The van der Waals surface area contributed by atoms with E-state index in [4.69, 9.17) is 5.11 Å². The summed E-state index contributed by atoms with van der Waals surface area (Å²) in [5.41, 5.74) is 3.09. The smallest absolute Gasteiger partial charge is 0.335 e. The molecule has 2 N–H and O–H groups in total. The minimum Gasteiger partial charge on any atom is -0.478 e. The van der Waals surface area contributed by atoms with Crippen molar-refractivity contribution < 1.29 is 18.3 Å². The number of carboxylic acid groups (broad SMARTS) is 1. The maximum Gasteiger partial charge on any atom is 0.335 e. The molecule has 0 spiro atoms. The largest absolute Gasteiger partial charge is 0.478 e. The van der Waals surface area contributed by atoms with Gasteiger partial charge in [0.15, 0.2) is 0 Å². The lowest BCUT2D eigenvalue weighted by Crippen LogP contribution is -2.36. The Morgan fingerprint density at radius 2 is 1.62 bits per heavy atom. The minimum atomic E-state index is -3.47. The first-order valence-corrected chi connectivity index (χ1v) is 9.32. The number of rotatable bonds is 5. The van der Waals surface area contributed by atoms with Crippen LogP contribution in [0, 0.1) is 0 Å². The standard InChI is InChI=1S/C18H19NO4S/c1-12(13-6-8-14(9-7-13)18(20)21)19-24(22,23)17-10-15-4-2-3-5-16(15)11-17/h2-9,12,17,19H,10-11H2,1H3,(H,20,21)/t12-/m0/s1. The lowest BCUT2D eigenvalue weighted by Gasteiger charge is -2.18. The molecule has 1 atom stereocenters. The quantitative estimate of drug-likeness (QED) is 0.872. The summed E-state index contributed by atoms with van der Waals surface area (Å²) in [6, 6.07) is 13.6. The molecule has 0 aromatic heterocycles. The molecule has 0 unspecified atom stereocenters. The number of carbonyl (C=O) groups is 1. The van der Waals surface area contributed by atoms with Gasteiger partial charge in [0.05, 0.1) is 10.8 Å². The van der Waals surface area contributed by atoms with Crippen LogP contribution in [0.3, 0.4) is 0 Å². The highest BCUT2D eigenvalue weighted by molar-refractivity contribution is 7.90. The van der Waals surface area contributed by atoms with Gasteiger partial charge >= 0.3 is 5.97 Å². The molecule has 5 nitrogen and oxygen atoms in total. The molecule has 1 aliphatic carbocycles. The van der Waals surface area contributed by atoms with Crippen LogP contribution >= 0.6 is 0 Å². The molecule has 0 bridgehead atoms. The van der Waals surface area contributed by atoms with Gasteiger partial charge in [0.25, 0.3) is 0 Å². The highest BCUT2D eigenvalue weighted by Crippen LogP contribution is 2.27. The van der Waals surface area contributed by atoms with Gasteiger partial charge in [-0.2, -0.15) is 0 Å². The van der Waals surface area contributed by atoms with Gasteiger partial charge in [-0.05, 0) is 48.6 Å². The maximum atomic E-state index is 12.7. The van der Waals surface area contributed by atoms with Crippen molar-refractivity contribution in [3.63, 3.8) is 0 Å². The lowest BCUT2D eigenvalue weighted by molar-refractivity contribution is 0.0697. The van der Waals surface area contributed by atoms with Crippen molar-refractivity contribution in [2.45, 2.75) is 31.1 Å². The van der Waals surface area contributed by atoms with Gasteiger partial charge < -0.3 is 5.11 Å². The fraction of sp³-hybridized carbons (Fsp3) is 0.278. The second-order valence-corrected chi connectivity index (χ2v) is 8.10. The van der Waals surface area contributed by atoms with Gasteiger partial charge in [0, 0.05) is 6.04 Å². The summed E-state index contributed by atoms with van der Waals surface area (Å²) in [6.07, 6.45) is 1.05.